The molecule has 2 fully saturated rings. The lowest BCUT2D eigenvalue weighted by atomic mass is 9.87. The van der Waals surface area contributed by atoms with Crippen molar-refractivity contribution >= 4 is 0 Å². The monoisotopic (exact) mass is 251 g/mol. The van der Waals surface area contributed by atoms with E-state index in [4.69, 9.17) is 0 Å². The Morgan fingerprint density at radius 3 is 2.22 bits per heavy atom. The predicted octanol–water partition coefficient (Wildman–Crippen LogP) is 4.90. The first kappa shape index (κ1) is 14.4. The van der Waals surface area contributed by atoms with Crippen LogP contribution in [0.4, 0.5) is 0 Å². The smallest absolute Gasteiger partial charge is 0.00698 e. The molecule has 2 atom stereocenters. The summed E-state index contributed by atoms with van der Waals surface area (Å²) in [5.74, 6) is 2.01. The van der Waals surface area contributed by atoms with Crippen molar-refractivity contribution in [2.75, 3.05) is 0 Å². The van der Waals surface area contributed by atoms with Gasteiger partial charge < -0.3 is 5.32 Å². The van der Waals surface area contributed by atoms with Crippen molar-refractivity contribution in [3.05, 3.63) is 0 Å². The van der Waals surface area contributed by atoms with E-state index >= 15 is 0 Å². The quantitative estimate of drug-likeness (QED) is 0.700. The van der Waals surface area contributed by atoms with E-state index in [1.54, 1.807) is 0 Å². The molecule has 0 aromatic rings. The highest BCUT2D eigenvalue weighted by Gasteiger charge is 2.23. The normalized spacial score (nSPS) is 38.3. The average molecular weight is 251 g/mol. The zero-order chi connectivity index (χ0) is 12.8. The van der Waals surface area contributed by atoms with Gasteiger partial charge in [0.05, 0.1) is 0 Å². The maximum absolute atomic E-state index is 3.98. The second-order valence-corrected chi connectivity index (χ2v) is 6.98. The molecular weight excluding hydrogens is 218 g/mol. The molecule has 0 amide bonds. The van der Waals surface area contributed by atoms with Crippen molar-refractivity contribution in [2.24, 2.45) is 11.8 Å². The second kappa shape index (κ2) is 7.53. The molecule has 1 heteroatoms. The van der Waals surface area contributed by atoms with E-state index in [9.17, 15) is 0 Å². The first-order chi connectivity index (χ1) is 8.78. The molecule has 2 saturated carbocycles. The Morgan fingerprint density at radius 1 is 0.833 bits per heavy atom. The van der Waals surface area contributed by atoms with Gasteiger partial charge in [0.15, 0.2) is 0 Å². The highest BCUT2D eigenvalue weighted by Crippen LogP contribution is 2.29. The van der Waals surface area contributed by atoms with Gasteiger partial charge in [-0.2, -0.15) is 0 Å². The Hall–Kier alpha value is -0.0400. The minimum Gasteiger partial charge on any atom is -0.311 e. The Morgan fingerprint density at radius 2 is 1.50 bits per heavy atom. The minimum absolute atomic E-state index is 0.838. The molecule has 0 aromatic heterocycles. The second-order valence-electron chi connectivity index (χ2n) is 6.98. The lowest BCUT2D eigenvalue weighted by Gasteiger charge is -2.30. The molecule has 18 heavy (non-hydrogen) atoms. The van der Waals surface area contributed by atoms with E-state index in [-0.39, 0.29) is 0 Å². The molecule has 2 rings (SSSR count). The van der Waals surface area contributed by atoms with Crippen LogP contribution in [0.2, 0.25) is 0 Å². The first-order valence-corrected chi connectivity index (χ1v) is 8.54. The van der Waals surface area contributed by atoms with Gasteiger partial charge in [-0.15, -0.1) is 0 Å². The van der Waals surface area contributed by atoms with E-state index in [1.165, 1.54) is 70.6 Å². The zero-order valence-corrected chi connectivity index (χ0v) is 12.6. The molecule has 1 nitrogen and oxygen atoms in total. The van der Waals surface area contributed by atoms with E-state index in [0.29, 0.717) is 0 Å². The van der Waals surface area contributed by atoms with Gasteiger partial charge in [-0.3, -0.25) is 0 Å². The van der Waals surface area contributed by atoms with Crippen LogP contribution in [0.3, 0.4) is 0 Å². The van der Waals surface area contributed by atoms with Gasteiger partial charge in [0.1, 0.15) is 0 Å². The molecule has 0 aliphatic heterocycles. The molecule has 2 aliphatic carbocycles. The van der Waals surface area contributed by atoms with Crippen LogP contribution in [0.5, 0.6) is 0 Å². The summed E-state index contributed by atoms with van der Waals surface area (Å²) in [5.41, 5.74) is 0. The van der Waals surface area contributed by atoms with Gasteiger partial charge in [-0.1, -0.05) is 39.5 Å². The Balaban J connectivity index is 1.70. The van der Waals surface area contributed by atoms with Gasteiger partial charge in [0.25, 0.3) is 0 Å². The lowest BCUT2D eigenvalue weighted by Crippen LogP contribution is -2.40. The highest BCUT2D eigenvalue weighted by molar-refractivity contribution is 4.81. The summed E-state index contributed by atoms with van der Waals surface area (Å²) in [6, 6.07) is 1.68. The van der Waals surface area contributed by atoms with Crippen LogP contribution in [0.1, 0.15) is 84.5 Å². The SMILES string of the molecule is CCCC1CCCC(NC2CCC(C)CC2)CC1. The van der Waals surface area contributed by atoms with E-state index in [2.05, 4.69) is 19.2 Å². The van der Waals surface area contributed by atoms with Gasteiger partial charge >= 0.3 is 0 Å². The van der Waals surface area contributed by atoms with E-state index in [0.717, 1.165) is 23.9 Å². The molecule has 1 N–H and O–H groups in total. The molecule has 0 saturated heterocycles. The molecule has 2 unspecified atom stereocenters. The molecule has 2 aliphatic rings. The molecule has 0 aromatic carbocycles. The summed E-state index contributed by atoms with van der Waals surface area (Å²) in [5, 5.41) is 3.98. The number of nitrogens with one attached hydrogen (secondary N) is 1. The lowest BCUT2D eigenvalue weighted by molar-refractivity contribution is 0.275. The van der Waals surface area contributed by atoms with Crippen LogP contribution < -0.4 is 5.32 Å². The van der Waals surface area contributed by atoms with Crippen molar-refractivity contribution in [3.8, 4) is 0 Å². The van der Waals surface area contributed by atoms with Gasteiger partial charge in [-0.05, 0) is 56.8 Å². The van der Waals surface area contributed by atoms with E-state index in [1.807, 2.05) is 0 Å². The Kier molecular flexibility index (Phi) is 6.01. The summed E-state index contributed by atoms with van der Waals surface area (Å²) in [6.45, 7) is 4.75. The number of hydrogen-bond acceptors (Lipinski definition) is 1. The Bertz CT molecular complexity index is 218. The highest BCUT2D eigenvalue weighted by atomic mass is 14.9. The fraction of sp³-hybridized carbons (Fsp3) is 1.00. The van der Waals surface area contributed by atoms with Crippen LogP contribution in [0.25, 0.3) is 0 Å². The largest absolute Gasteiger partial charge is 0.311 e. The first-order valence-electron chi connectivity index (χ1n) is 8.54. The standard InChI is InChI=1S/C17H33N/c1-3-5-15-6-4-7-16(13-10-15)18-17-11-8-14(2)9-12-17/h14-18H,3-13H2,1-2H3. The van der Waals surface area contributed by atoms with Crippen LogP contribution in [0.15, 0.2) is 0 Å². The van der Waals surface area contributed by atoms with Gasteiger partial charge in [0, 0.05) is 12.1 Å². The molecular formula is C17H33N. The third-order valence-corrected chi connectivity index (χ3v) is 5.27. The van der Waals surface area contributed by atoms with Crippen molar-refractivity contribution in [3.63, 3.8) is 0 Å². The van der Waals surface area contributed by atoms with Gasteiger partial charge in [-0.25, -0.2) is 0 Å². The summed E-state index contributed by atoms with van der Waals surface area (Å²) < 4.78 is 0. The molecule has 0 spiro atoms. The topological polar surface area (TPSA) is 12.0 Å². The van der Waals surface area contributed by atoms with Crippen molar-refractivity contribution in [2.45, 2.75) is 96.6 Å². The summed E-state index contributed by atoms with van der Waals surface area (Å²) >= 11 is 0. The molecule has 0 heterocycles. The van der Waals surface area contributed by atoms with Crippen molar-refractivity contribution in [1.29, 1.82) is 0 Å². The van der Waals surface area contributed by atoms with Crippen LogP contribution >= 0.6 is 0 Å². The van der Waals surface area contributed by atoms with Gasteiger partial charge in [0.2, 0.25) is 0 Å². The number of hydrogen-bond donors (Lipinski definition) is 1. The summed E-state index contributed by atoms with van der Waals surface area (Å²) in [6.07, 6.45) is 15.9. The number of rotatable bonds is 4. The summed E-state index contributed by atoms with van der Waals surface area (Å²) in [7, 11) is 0. The summed E-state index contributed by atoms with van der Waals surface area (Å²) in [4.78, 5) is 0. The fourth-order valence-electron chi connectivity index (χ4n) is 4.00. The third kappa shape index (κ3) is 4.57. The molecule has 0 radical (unpaired) electrons. The van der Waals surface area contributed by atoms with Crippen molar-refractivity contribution in [1.82, 2.24) is 5.32 Å². The third-order valence-electron chi connectivity index (χ3n) is 5.27. The maximum Gasteiger partial charge on any atom is 0.00698 e. The average Bonchev–Trinajstić information content (AvgIpc) is 2.59. The molecule has 0 bridgehead atoms. The fourth-order valence-corrected chi connectivity index (χ4v) is 4.00. The Labute approximate surface area is 114 Å². The minimum atomic E-state index is 0.838. The maximum atomic E-state index is 3.98. The predicted molar refractivity (Wildman–Crippen MR) is 79.8 cm³/mol. The van der Waals surface area contributed by atoms with Crippen LogP contribution in [-0.4, -0.2) is 12.1 Å². The van der Waals surface area contributed by atoms with E-state index < -0.39 is 0 Å². The molecule has 106 valence electrons. The van der Waals surface area contributed by atoms with Crippen LogP contribution in [-0.2, 0) is 0 Å². The van der Waals surface area contributed by atoms with Crippen LogP contribution in [0, 0.1) is 11.8 Å². The van der Waals surface area contributed by atoms with Crippen molar-refractivity contribution < 1.29 is 0 Å². The zero-order valence-electron chi connectivity index (χ0n) is 12.6.